The van der Waals surface area contributed by atoms with E-state index in [0.29, 0.717) is 70.4 Å². The van der Waals surface area contributed by atoms with Gasteiger partial charge in [0.05, 0.1) is 40.1 Å². The van der Waals surface area contributed by atoms with Crippen molar-refractivity contribution in [2.75, 3.05) is 25.5 Å². The molecule has 2 fully saturated rings. The molecule has 1 N–H and O–H groups in total. The minimum atomic E-state index is -2.54. The van der Waals surface area contributed by atoms with E-state index >= 15 is 4.39 Å². The fraction of sp³-hybridized carbons (Fsp3) is 0.464. The van der Waals surface area contributed by atoms with Crippen LogP contribution in [0.4, 0.5) is 19.6 Å². The molecule has 0 bridgehead atoms. The first-order valence-electron chi connectivity index (χ1n) is 13.1. The summed E-state index contributed by atoms with van der Waals surface area (Å²) in [7, 11) is 1.36. The molecule has 0 amide bonds. The van der Waals surface area contributed by atoms with Crippen molar-refractivity contribution in [3.05, 3.63) is 52.8 Å². The third-order valence-electron chi connectivity index (χ3n) is 7.38. The maximum absolute atomic E-state index is 16.5. The van der Waals surface area contributed by atoms with E-state index in [2.05, 4.69) is 10.3 Å². The van der Waals surface area contributed by atoms with Crippen molar-refractivity contribution in [3.63, 3.8) is 0 Å². The second-order valence-corrected chi connectivity index (χ2v) is 11.5. The Balaban J connectivity index is 1.27. The van der Waals surface area contributed by atoms with E-state index in [0.717, 1.165) is 12.8 Å². The summed E-state index contributed by atoms with van der Waals surface area (Å²) in [6, 6.07) is 9.44. The van der Waals surface area contributed by atoms with E-state index in [9.17, 15) is 14.0 Å². The highest BCUT2D eigenvalue weighted by Gasteiger charge is 2.48. The van der Waals surface area contributed by atoms with Crippen molar-refractivity contribution >= 4 is 55.7 Å². The fourth-order valence-electron chi connectivity index (χ4n) is 5.26. The van der Waals surface area contributed by atoms with Crippen LogP contribution in [0.3, 0.4) is 0 Å². The first-order valence-corrected chi connectivity index (χ1v) is 14.3. The number of alkyl halides is 1. The Hall–Kier alpha value is -2.66. The van der Waals surface area contributed by atoms with E-state index in [1.807, 2.05) is 0 Å². The van der Waals surface area contributed by atoms with Gasteiger partial charge in [0.15, 0.2) is 5.13 Å². The van der Waals surface area contributed by atoms with Crippen molar-refractivity contribution in [1.29, 1.82) is 0 Å². The number of Topliss-reactive ketones (excluding diaryl/α,β-unsaturated/α-hetero) is 1. The van der Waals surface area contributed by atoms with Gasteiger partial charge in [-0.05, 0) is 74.4 Å². The lowest BCUT2D eigenvalue weighted by molar-refractivity contribution is -0.252. The quantitative estimate of drug-likeness (QED) is 0.232. The molecule has 1 atom stereocenters. The zero-order valence-corrected chi connectivity index (χ0v) is 23.1. The van der Waals surface area contributed by atoms with Gasteiger partial charge in [0.25, 0.3) is 0 Å². The molecule has 0 radical (unpaired) electrons. The monoisotopic (exact) mass is 577 g/mol. The second kappa shape index (κ2) is 11.8. The molecular weight excluding hydrogens is 548 g/mol. The average molecular weight is 578 g/mol. The number of ketones is 1. The molecule has 7 nitrogen and oxygen atoms in total. The Morgan fingerprint density at radius 1 is 1.15 bits per heavy atom. The number of carbonyl (C=O) groups excluding carboxylic acids is 2. The van der Waals surface area contributed by atoms with Crippen LogP contribution >= 0.6 is 22.9 Å². The number of thiazole rings is 1. The third kappa shape index (κ3) is 6.24. The van der Waals surface area contributed by atoms with E-state index in [1.165, 1.54) is 35.5 Å². The molecule has 2 heterocycles. The highest BCUT2D eigenvalue weighted by Crippen LogP contribution is 2.36. The fourth-order valence-corrected chi connectivity index (χ4v) is 6.41. The molecule has 1 unspecified atom stereocenters. The van der Waals surface area contributed by atoms with E-state index in [4.69, 9.17) is 21.1 Å². The standard InChI is InChI=1S/C28H30ClF2N3O4S/c1-37-26(36)18-5-8-20(9-6-18)38-28(31,34-12-2-3-13-34)25(35)15-17-4-10-22(21(29)14-17)32-27-33-23-11-7-19(30)16-24(23)39-27/h4,7,10-11,14,16,18,20H,2-3,5-6,8-9,12-13,15H2,1H3,(H,32,33)/t18-,20-,28?. The molecule has 2 aliphatic rings. The van der Waals surface area contributed by atoms with Crippen molar-refractivity contribution in [2.45, 2.75) is 57.0 Å². The molecule has 2 aromatic carbocycles. The van der Waals surface area contributed by atoms with Gasteiger partial charge in [-0.3, -0.25) is 9.59 Å². The summed E-state index contributed by atoms with van der Waals surface area (Å²) in [4.78, 5) is 31.2. The number of aromatic nitrogens is 1. The Morgan fingerprint density at radius 2 is 1.90 bits per heavy atom. The van der Waals surface area contributed by atoms with Gasteiger partial charge >= 0.3 is 11.9 Å². The van der Waals surface area contributed by atoms with Crippen LogP contribution in [-0.2, 0) is 25.5 Å². The highest BCUT2D eigenvalue weighted by atomic mass is 35.5. The molecular formula is C28H30ClF2N3O4S. The first-order chi connectivity index (χ1) is 18.7. The Bertz CT molecular complexity index is 1360. The number of methoxy groups -OCH3 is 1. The van der Waals surface area contributed by atoms with Crippen LogP contribution < -0.4 is 5.32 Å². The number of fused-ring (bicyclic) bond motifs is 1. The maximum atomic E-state index is 16.5. The topological polar surface area (TPSA) is 80.8 Å². The molecule has 5 rings (SSSR count). The summed E-state index contributed by atoms with van der Waals surface area (Å²) in [6.45, 7) is 0.880. The number of nitrogens with zero attached hydrogens (tertiary/aromatic N) is 2. The lowest BCUT2D eigenvalue weighted by Crippen LogP contribution is -2.54. The van der Waals surface area contributed by atoms with Crippen molar-refractivity contribution in [2.24, 2.45) is 5.92 Å². The highest BCUT2D eigenvalue weighted by molar-refractivity contribution is 7.22. The molecule has 208 valence electrons. The van der Waals surface area contributed by atoms with Crippen LogP contribution in [-0.4, -0.2) is 53.9 Å². The molecule has 3 aromatic rings. The molecule has 1 saturated carbocycles. The smallest absolute Gasteiger partial charge is 0.330 e. The van der Waals surface area contributed by atoms with E-state index in [1.54, 1.807) is 24.3 Å². The second-order valence-electron chi connectivity index (χ2n) is 10.0. The van der Waals surface area contributed by atoms with Gasteiger partial charge in [0.1, 0.15) is 5.82 Å². The summed E-state index contributed by atoms with van der Waals surface area (Å²) in [5, 5.41) is 4.03. The SMILES string of the molecule is COC(=O)[C@H]1CC[C@H](OC(F)(C(=O)Cc2ccc(Nc3nc4ccc(F)cc4s3)c(Cl)c2)N2CCCC2)CC1. The largest absolute Gasteiger partial charge is 0.469 e. The van der Waals surface area contributed by atoms with Gasteiger partial charge in [0.2, 0.25) is 5.78 Å². The Labute approximate surface area is 234 Å². The van der Waals surface area contributed by atoms with Crippen LogP contribution in [0.1, 0.15) is 44.1 Å². The number of likely N-dealkylation sites (tertiary alicyclic amines) is 1. The molecule has 1 aliphatic heterocycles. The maximum Gasteiger partial charge on any atom is 0.330 e. The number of hydrogen-bond acceptors (Lipinski definition) is 8. The Morgan fingerprint density at radius 3 is 2.59 bits per heavy atom. The molecule has 11 heteroatoms. The number of carbonyl (C=O) groups is 2. The number of rotatable bonds is 9. The number of ether oxygens (including phenoxy) is 2. The molecule has 1 saturated heterocycles. The van der Waals surface area contributed by atoms with Gasteiger partial charge in [-0.1, -0.05) is 29.0 Å². The summed E-state index contributed by atoms with van der Waals surface area (Å²) in [5.74, 6) is -4.03. The van der Waals surface area contributed by atoms with Gasteiger partial charge in [0, 0.05) is 19.5 Å². The predicted molar refractivity (Wildman–Crippen MR) is 147 cm³/mol. The van der Waals surface area contributed by atoms with E-state index in [-0.39, 0.29) is 24.1 Å². The minimum absolute atomic E-state index is 0.190. The summed E-state index contributed by atoms with van der Waals surface area (Å²) in [5.41, 5.74) is 1.79. The number of anilines is 2. The van der Waals surface area contributed by atoms with Crippen LogP contribution in [0.15, 0.2) is 36.4 Å². The van der Waals surface area contributed by atoms with Gasteiger partial charge in [-0.2, -0.15) is 4.39 Å². The predicted octanol–water partition coefficient (Wildman–Crippen LogP) is 6.41. The van der Waals surface area contributed by atoms with Gasteiger partial charge < -0.3 is 14.8 Å². The lowest BCUT2D eigenvalue weighted by Gasteiger charge is -2.37. The number of nitrogens with one attached hydrogen (secondary N) is 1. The van der Waals surface area contributed by atoms with Crippen LogP contribution in [0, 0.1) is 11.7 Å². The van der Waals surface area contributed by atoms with Crippen LogP contribution in [0.25, 0.3) is 10.2 Å². The van der Waals surface area contributed by atoms with Crippen molar-refractivity contribution in [1.82, 2.24) is 9.88 Å². The Kier molecular flexibility index (Phi) is 8.46. The first kappa shape index (κ1) is 27.9. The third-order valence-corrected chi connectivity index (χ3v) is 8.62. The zero-order valence-electron chi connectivity index (χ0n) is 21.6. The normalized spacial score (nSPS) is 21.5. The lowest BCUT2D eigenvalue weighted by atomic mass is 9.87. The van der Waals surface area contributed by atoms with Gasteiger partial charge in [-0.25, -0.2) is 14.3 Å². The summed E-state index contributed by atoms with van der Waals surface area (Å²) in [6.07, 6.45) is 2.98. The van der Waals surface area contributed by atoms with Crippen LogP contribution in [0.2, 0.25) is 5.02 Å². The molecule has 1 aliphatic carbocycles. The summed E-state index contributed by atoms with van der Waals surface area (Å²) >= 11 is 7.80. The van der Waals surface area contributed by atoms with E-state index < -0.39 is 17.9 Å². The minimum Gasteiger partial charge on any atom is -0.469 e. The number of benzene rings is 2. The van der Waals surface area contributed by atoms with Crippen LogP contribution in [0.5, 0.6) is 0 Å². The van der Waals surface area contributed by atoms with Crippen molar-refractivity contribution < 1.29 is 27.8 Å². The molecule has 1 aromatic heterocycles. The van der Waals surface area contributed by atoms with Gasteiger partial charge in [-0.15, -0.1) is 0 Å². The number of hydrogen-bond donors (Lipinski definition) is 1. The number of esters is 1. The summed E-state index contributed by atoms with van der Waals surface area (Å²) < 4.78 is 41.4. The van der Waals surface area contributed by atoms with Crippen molar-refractivity contribution in [3.8, 4) is 0 Å². The average Bonchev–Trinajstić information content (AvgIpc) is 3.60. The molecule has 0 spiro atoms. The zero-order chi connectivity index (χ0) is 27.6. The number of halogens is 3. The molecule has 39 heavy (non-hydrogen) atoms.